The summed E-state index contributed by atoms with van der Waals surface area (Å²) in [5.41, 5.74) is 6.32. The Hall–Kier alpha value is -3.29. The zero-order valence-corrected chi connectivity index (χ0v) is 11.3. The maximum atomic E-state index is 11.8. The van der Waals surface area contributed by atoms with Crippen molar-refractivity contribution in [3.63, 3.8) is 0 Å². The minimum atomic E-state index is -0.632. The van der Waals surface area contributed by atoms with Gasteiger partial charge in [0.25, 0.3) is 0 Å². The van der Waals surface area contributed by atoms with E-state index in [9.17, 15) is 9.59 Å². The molecule has 0 saturated carbocycles. The molecule has 0 aliphatic rings. The van der Waals surface area contributed by atoms with E-state index < -0.39 is 11.7 Å². The number of carbonyl (C=O) groups is 1. The molecule has 110 valence electrons. The monoisotopic (exact) mass is 297 g/mol. The molecular formula is C14H11N5O3. The fraction of sp³-hybridized carbons (Fsp3) is 0.0714. The Labute approximate surface area is 124 Å². The summed E-state index contributed by atoms with van der Waals surface area (Å²) in [6.45, 7) is 0.164. The van der Waals surface area contributed by atoms with Crippen LogP contribution in [0.3, 0.4) is 0 Å². The summed E-state index contributed by atoms with van der Waals surface area (Å²) >= 11 is 0. The van der Waals surface area contributed by atoms with E-state index in [2.05, 4.69) is 19.6 Å². The van der Waals surface area contributed by atoms with Crippen LogP contribution < -0.4 is 11.5 Å². The number of benzene rings is 1. The second-order valence-electron chi connectivity index (χ2n) is 4.50. The number of hydrogen-bond donors (Lipinski definition) is 1. The van der Waals surface area contributed by atoms with E-state index in [-0.39, 0.29) is 18.2 Å². The highest BCUT2D eigenvalue weighted by molar-refractivity contribution is 5.92. The van der Waals surface area contributed by atoms with Crippen LogP contribution in [-0.2, 0) is 6.54 Å². The molecule has 2 N–H and O–H groups in total. The van der Waals surface area contributed by atoms with Crippen LogP contribution in [0.1, 0.15) is 15.9 Å². The Balaban J connectivity index is 2.00. The molecule has 3 rings (SSSR count). The van der Waals surface area contributed by atoms with Gasteiger partial charge in [-0.2, -0.15) is 0 Å². The maximum Gasteiger partial charge on any atom is 0.442 e. The normalized spacial score (nSPS) is 10.5. The topological polar surface area (TPSA) is 117 Å². The molecule has 3 aromatic rings. The molecule has 0 aliphatic carbocycles. The molecule has 1 aromatic carbocycles. The highest BCUT2D eigenvalue weighted by atomic mass is 16.5. The van der Waals surface area contributed by atoms with E-state index in [0.29, 0.717) is 11.1 Å². The zero-order chi connectivity index (χ0) is 15.5. The van der Waals surface area contributed by atoms with E-state index in [1.165, 1.54) is 4.57 Å². The van der Waals surface area contributed by atoms with Crippen molar-refractivity contribution in [2.24, 2.45) is 5.73 Å². The molecule has 0 unspecified atom stereocenters. The molecule has 1 amide bonds. The highest BCUT2D eigenvalue weighted by Gasteiger charge is 2.15. The summed E-state index contributed by atoms with van der Waals surface area (Å²) in [6.07, 6.45) is 3.08. The minimum Gasteiger partial charge on any atom is -0.366 e. The van der Waals surface area contributed by atoms with Gasteiger partial charge in [0.1, 0.15) is 0 Å². The number of primary amides is 1. The van der Waals surface area contributed by atoms with Gasteiger partial charge < -0.3 is 5.73 Å². The summed E-state index contributed by atoms with van der Waals surface area (Å²) in [5, 5.41) is 3.70. The zero-order valence-electron chi connectivity index (χ0n) is 11.3. The lowest BCUT2D eigenvalue weighted by Gasteiger charge is -2.05. The van der Waals surface area contributed by atoms with Gasteiger partial charge in [-0.15, -0.1) is 0 Å². The summed E-state index contributed by atoms with van der Waals surface area (Å²) in [7, 11) is 0. The number of nitrogens with zero attached hydrogens (tertiary/aromatic N) is 4. The van der Waals surface area contributed by atoms with E-state index >= 15 is 0 Å². The smallest absolute Gasteiger partial charge is 0.366 e. The number of carbonyl (C=O) groups excluding carboxylic acids is 1. The van der Waals surface area contributed by atoms with E-state index in [1.807, 2.05) is 0 Å². The molecule has 0 saturated heterocycles. The number of aromatic nitrogens is 4. The van der Waals surface area contributed by atoms with Crippen molar-refractivity contribution in [2.45, 2.75) is 6.54 Å². The molecule has 0 aliphatic heterocycles. The van der Waals surface area contributed by atoms with Crippen LogP contribution in [-0.4, -0.2) is 25.6 Å². The summed E-state index contributed by atoms with van der Waals surface area (Å²) < 4.78 is 5.97. The standard InChI is InChI=1S/C14H11N5O3/c15-11(20)10-4-1-3-9(7-10)8-19-13(18-22-14(19)21)12-16-5-2-6-17-12/h1-7H,8H2,(H2,15,20). The Morgan fingerprint density at radius 3 is 2.73 bits per heavy atom. The van der Waals surface area contributed by atoms with Crippen molar-refractivity contribution in [1.82, 2.24) is 19.7 Å². The van der Waals surface area contributed by atoms with Crippen molar-refractivity contribution >= 4 is 5.91 Å². The molecule has 0 fully saturated rings. The number of nitrogens with two attached hydrogens (primary N) is 1. The van der Waals surface area contributed by atoms with Gasteiger partial charge in [0.2, 0.25) is 11.7 Å². The SMILES string of the molecule is NC(=O)c1cccc(Cn2c(-c3ncccn3)noc2=O)c1. The lowest BCUT2D eigenvalue weighted by Crippen LogP contribution is -2.17. The first-order valence-corrected chi connectivity index (χ1v) is 6.38. The maximum absolute atomic E-state index is 11.8. The average molecular weight is 297 g/mol. The van der Waals surface area contributed by atoms with E-state index in [4.69, 9.17) is 5.73 Å². The molecule has 0 spiro atoms. The van der Waals surface area contributed by atoms with Crippen molar-refractivity contribution < 1.29 is 9.32 Å². The van der Waals surface area contributed by atoms with Crippen LogP contribution in [0.15, 0.2) is 52.0 Å². The summed E-state index contributed by atoms with van der Waals surface area (Å²) in [4.78, 5) is 31.1. The third kappa shape index (κ3) is 2.62. The fourth-order valence-electron chi connectivity index (χ4n) is 1.99. The molecule has 8 heteroatoms. The van der Waals surface area contributed by atoms with Gasteiger partial charge in [0.15, 0.2) is 5.82 Å². The predicted octanol–water partition coefficient (Wildman–Crippen LogP) is 0.440. The number of rotatable bonds is 4. The molecule has 22 heavy (non-hydrogen) atoms. The van der Waals surface area contributed by atoms with Crippen molar-refractivity contribution in [3.8, 4) is 11.6 Å². The Bertz CT molecular complexity index is 869. The molecule has 0 atom stereocenters. The summed E-state index contributed by atoms with van der Waals surface area (Å²) in [6, 6.07) is 8.32. The van der Waals surface area contributed by atoms with Crippen molar-refractivity contribution in [3.05, 3.63) is 64.4 Å². The van der Waals surface area contributed by atoms with E-state index in [1.54, 1.807) is 42.7 Å². The Morgan fingerprint density at radius 1 is 1.23 bits per heavy atom. The second kappa shape index (κ2) is 5.60. The lowest BCUT2D eigenvalue weighted by molar-refractivity contribution is 0.1000. The first kappa shape index (κ1) is 13.7. The van der Waals surface area contributed by atoms with Crippen LogP contribution >= 0.6 is 0 Å². The second-order valence-corrected chi connectivity index (χ2v) is 4.50. The first-order valence-electron chi connectivity index (χ1n) is 6.38. The van der Waals surface area contributed by atoms with Gasteiger partial charge >= 0.3 is 5.76 Å². The minimum absolute atomic E-state index is 0.164. The Morgan fingerprint density at radius 2 is 2.00 bits per heavy atom. The van der Waals surface area contributed by atoms with Gasteiger partial charge in [-0.05, 0) is 23.8 Å². The van der Waals surface area contributed by atoms with Crippen LogP contribution in [0, 0.1) is 0 Å². The summed E-state index contributed by atoms with van der Waals surface area (Å²) in [5.74, 6) is -0.674. The third-order valence-electron chi connectivity index (χ3n) is 3.00. The highest BCUT2D eigenvalue weighted by Crippen LogP contribution is 2.12. The first-order chi connectivity index (χ1) is 10.6. The molecule has 0 bridgehead atoms. The predicted molar refractivity (Wildman–Crippen MR) is 75.9 cm³/mol. The van der Waals surface area contributed by atoms with Crippen molar-refractivity contribution in [1.29, 1.82) is 0 Å². The van der Waals surface area contributed by atoms with Crippen LogP contribution in [0.5, 0.6) is 0 Å². The molecule has 8 nitrogen and oxygen atoms in total. The van der Waals surface area contributed by atoms with Gasteiger partial charge in [0, 0.05) is 18.0 Å². The lowest BCUT2D eigenvalue weighted by atomic mass is 10.1. The molecular weight excluding hydrogens is 286 g/mol. The largest absolute Gasteiger partial charge is 0.442 e. The van der Waals surface area contributed by atoms with Crippen LogP contribution in [0.25, 0.3) is 11.6 Å². The van der Waals surface area contributed by atoms with Crippen molar-refractivity contribution in [2.75, 3.05) is 0 Å². The fourth-order valence-corrected chi connectivity index (χ4v) is 1.99. The van der Waals surface area contributed by atoms with Crippen LogP contribution in [0.4, 0.5) is 0 Å². The quantitative estimate of drug-likeness (QED) is 0.746. The number of hydrogen-bond acceptors (Lipinski definition) is 6. The van der Waals surface area contributed by atoms with Gasteiger partial charge in [-0.1, -0.05) is 17.3 Å². The van der Waals surface area contributed by atoms with Gasteiger partial charge in [-0.25, -0.2) is 19.3 Å². The third-order valence-corrected chi connectivity index (χ3v) is 3.00. The molecule has 2 heterocycles. The molecule has 2 aromatic heterocycles. The van der Waals surface area contributed by atoms with Gasteiger partial charge in [-0.3, -0.25) is 9.32 Å². The number of amides is 1. The molecule has 0 radical (unpaired) electrons. The van der Waals surface area contributed by atoms with Gasteiger partial charge in [0.05, 0.1) is 6.54 Å². The van der Waals surface area contributed by atoms with E-state index in [0.717, 1.165) is 0 Å². The van der Waals surface area contributed by atoms with Crippen LogP contribution in [0.2, 0.25) is 0 Å². The Kier molecular flexibility index (Phi) is 3.48. The average Bonchev–Trinajstić information content (AvgIpc) is 2.89.